The zero-order valence-electron chi connectivity index (χ0n) is 15.7. The van der Waals surface area contributed by atoms with Crippen molar-refractivity contribution in [2.24, 2.45) is 0 Å². The lowest BCUT2D eigenvalue weighted by atomic mass is 10.1. The molecule has 1 aliphatic heterocycles. The number of nitrogens with zero attached hydrogens (tertiary/aromatic N) is 3. The minimum Gasteiger partial charge on any atom is -0.351 e. The normalized spacial score (nSPS) is 13.9. The Hall–Kier alpha value is -2.41. The van der Waals surface area contributed by atoms with Crippen molar-refractivity contribution in [2.45, 2.75) is 44.9 Å². The molecule has 0 saturated carbocycles. The summed E-state index contributed by atoms with van der Waals surface area (Å²) in [6.45, 7) is 5.70. The molecule has 3 rings (SSSR count). The Labute approximate surface area is 163 Å². The molecule has 27 heavy (non-hydrogen) atoms. The van der Waals surface area contributed by atoms with Crippen LogP contribution in [0.25, 0.3) is 0 Å². The van der Waals surface area contributed by atoms with Crippen LogP contribution in [0.15, 0.2) is 35.5 Å². The topological polar surface area (TPSA) is 75.2 Å². The lowest BCUT2D eigenvalue weighted by Gasteiger charge is -2.18. The minimum absolute atomic E-state index is 0.0604. The number of carbonyl (C=O) groups excluding carboxylic acids is 2. The van der Waals surface area contributed by atoms with Crippen molar-refractivity contribution in [3.63, 3.8) is 0 Å². The van der Waals surface area contributed by atoms with Gasteiger partial charge in [-0.05, 0) is 37.5 Å². The predicted octanol–water partition coefficient (Wildman–Crippen LogP) is 2.62. The van der Waals surface area contributed by atoms with E-state index in [9.17, 15) is 9.59 Å². The van der Waals surface area contributed by atoms with Crippen LogP contribution in [0.2, 0.25) is 0 Å². The van der Waals surface area contributed by atoms with Crippen LogP contribution in [-0.4, -0.2) is 39.0 Å². The molecule has 0 bridgehead atoms. The number of rotatable bonds is 7. The number of carbonyl (C=O) groups is 2. The van der Waals surface area contributed by atoms with Crippen molar-refractivity contribution >= 4 is 23.6 Å². The SMILES string of the molecule is Cc1cc(C)nc(SCC(=O)NCc2ccccc2CN2CCCC2=O)n1. The van der Waals surface area contributed by atoms with Crippen LogP contribution in [0.3, 0.4) is 0 Å². The molecule has 1 saturated heterocycles. The molecule has 6 nitrogen and oxygen atoms in total. The zero-order chi connectivity index (χ0) is 19.2. The number of thioether (sulfide) groups is 1. The van der Waals surface area contributed by atoms with Crippen LogP contribution in [0.5, 0.6) is 0 Å². The van der Waals surface area contributed by atoms with Crippen LogP contribution >= 0.6 is 11.8 Å². The van der Waals surface area contributed by atoms with Gasteiger partial charge in [0, 0.05) is 37.4 Å². The fraction of sp³-hybridized carbons (Fsp3) is 0.400. The Balaban J connectivity index is 1.53. The van der Waals surface area contributed by atoms with E-state index in [-0.39, 0.29) is 17.6 Å². The van der Waals surface area contributed by atoms with E-state index in [0.29, 0.717) is 24.7 Å². The quantitative estimate of drug-likeness (QED) is 0.587. The van der Waals surface area contributed by atoms with E-state index >= 15 is 0 Å². The van der Waals surface area contributed by atoms with Gasteiger partial charge in [-0.25, -0.2) is 9.97 Å². The number of benzene rings is 1. The van der Waals surface area contributed by atoms with Crippen LogP contribution in [0.4, 0.5) is 0 Å². The van der Waals surface area contributed by atoms with Gasteiger partial charge >= 0.3 is 0 Å². The molecular weight excluding hydrogens is 360 g/mol. The van der Waals surface area contributed by atoms with E-state index in [1.165, 1.54) is 11.8 Å². The van der Waals surface area contributed by atoms with Crippen molar-refractivity contribution in [3.05, 3.63) is 52.8 Å². The number of aromatic nitrogens is 2. The molecule has 0 atom stereocenters. The third kappa shape index (κ3) is 5.53. The standard InChI is InChI=1S/C20H24N4O2S/c1-14-10-15(2)23-20(22-14)27-13-18(25)21-11-16-6-3-4-7-17(16)12-24-9-5-8-19(24)26/h3-4,6-7,10H,5,8-9,11-13H2,1-2H3,(H,21,25). The molecule has 0 unspecified atom stereocenters. The Morgan fingerprint density at radius 1 is 1.19 bits per heavy atom. The first-order valence-corrected chi connectivity index (χ1v) is 10.1. The fourth-order valence-electron chi connectivity index (χ4n) is 3.09. The number of hydrogen-bond acceptors (Lipinski definition) is 5. The van der Waals surface area contributed by atoms with Gasteiger partial charge in [0.1, 0.15) is 0 Å². The maximum Gasteiger partial charge on any atom is 0.230 e. The summed E-state index contributed by atoms with van der Waals surface area (Å²) in [5.74, 6) is 0.420. The second-order valence-corrected chi connectivity index (χ2v) is 7.63. The summed E-state index contributed by atoms with van der Waals surface area (Å²) in [6.07, 6.45) is 1.56. The van der Waals surface area contributed by atoms with Crippen LogP contribution in [0, 0.1) is 13.8 Å². The predicted molar refractivity (Wildman–Crippen MR) is 105 cm³/mol. The van der Waals surface area contributed by atoms with E-state index in [2.05, 4.69) is 15.3 Å². The van der Waals surface area contributed by atoms with Crippen molar-refractivity contribution in [1.29, 1.82) is 0 Å². The molecule has 0 radical (unpaired) electrons. The van der Waals surface area contributed by atoms with Crippen molar-refractivity contribution < 1.29 is 9.59 Å². The average molecular weight is 385 g/mol. The lowest BCUT2D eigenvalue weighted by molar-refractivity contribution is -0.128. The maximum atomic E-state index is 12.2. The summed E-state index contributed by atoms with van der Waals surface area (Å²) in [5, 5.41) is 3.58. The number of nitrogens with one attached hydrogen (secondary N) is 1. The van der Waals surface area contributed by atoms with Gasteiger partial charge in [-0.2, -0.15) is 0 Å². The lowest BCUT2D eigenvalue weighted by Crippen LogP contribution is -2.27. The Morgan fingerprint density at radius 2 is 1.89 bits per heavy atom. The van der Waals surface area contributed by atoms with Gasteiger partial charge in [0.2, 0.25) is 11.8 Å². The molecule has 1 fully saturated rings. The highest BCUT2D eigenvalue weighted by Gasteiger charge is 2.20. The molecule has 2 aromatic rings. The molecule has 0 aliphatic carbocycles. The second-order valence-electron chi connectivity index (χ2n) is 6.69. The monoisotopic (exact) mass is 384 g/mol. The Kier molecular flexibility index (Phi) is 6.45. The summed E-state index contributed by atoms with van der Waals surface area (Å²) in [6, 6.07) is 9.84. The van der Waals surface area contributed by atoms with E-state index in [4.69, 9.17) is 0 Å². The Morgan fingerprint density at radius 3 is 2.56 bits per heavy atom. The highest BCUT2D eigenvalue weighted by Crippen LogP contribution is 2.18. The van der Waals surface area contributed by atoms with E-state index < -0.39 is 0 Å². The van der Waals surface area contributed by atoms with Crippen LogP contribution < -0.4 is 5.32 Å². The van der Waals surface area contributed by atoms with E-state index in [0.717, 1.165) is 35.5 Å². The van der Waals surface area contributed by atoms with Crippen molar-refractivity contribution in [3.8, 4) is 0 Å². The summed E-state index contributed by atoms with van der Waals surface area (Å²) < 4.78 is 0. The number of amides is 2. The number of aryl methyl sites for hydroxylation is 2. The molecule has 1 aromatic carbocycles. The first-order chi connectivity index (χ1) is 13.0. The summed E-state index contributed by atoms with van der Waals surface area (Å²) in [5.41, 5.74) is 3.92. The van der Waals surface area contributed by atoms with Crippen molar-refractivity contribution in [1.82, 2.24) is 20.2 Å². The van der Waals surface area contributed by atoms with Gasteiger partial charge in [-0.3, -0.25) is 9.59 Å². The minimum atomic E-state index is -0.0604. The molecule has 2 heterocycles. The van der Waals surface area contributed by atoms with Gasteiger partial charge in [-0.15, -0.1) is 0 Å². The molecule has 142 valence electrons. The summed E-state index contributed by atoms with van der Waals surface area (Å²) in [7, 11) is 0. The van der Waals surface area contributed by atoms with Gasteiger partial charge in [0.25, 0.3) is 0 Å². The van der Waals surface area contributed by atoms with Crippen molar-refractivity contribution in [2.75, 3.05) is 12.3 Å². The van der Waals surface area contributed by atoms with Gasteiger partial charge in [-0.1, -0.05) is 36.0 Å². The molecule has 1 N–H and O–H groups in total. The summed E-state index contributed by atoms with van der Waals surface area (Å²) in [4.78, 5) is 34.6. The fourth-order valence-corrected chi connectivity index (χ4v) is 3.87. The smallest absolute Gasteiger partial charge is 0.230 e. The number of likely N-dealkylation sites (tertiary alicyclic amines) is 1. The van der Waals surface area contributed by atoms with Gasteiger partial charge < -0.3 is 10.2 Å². The molecule has 0 spiro atoms. The number of hydrogen-bond donors (Lipinski definition) is 1. The maximum absolute atomic E-state index is 12.2. The largest absolute Gasteiger partial charge is 0.351 e. The van der Waals surface area contributed by atoms with E-state index in [1.54, 1.807) is 0 Å². The summed E-state index contributed by atoms with van der Waals surface area (Å²) >= 11 is 1.34. The van der Waals surface area contributed by atoms with Crippen LogP contribution in [0.1, 0.15) is 35.4 Å². The van der Waals surface area contributed by atoms with Crippen LogP contribution in [-0.2, 0) is 22.7 Å². The molecule has 2 amide bonds. The first-order valence-electron chi connectivity index (χ1n) is 9.07. The molecule has 1 aliphatic rings. The zero-order valence-corrected chi connectivity index (χ0v) is 16.5. The first kappa shape index (κ1) is 19.4. The third-order valence-electron chi connectivity index (χ3n) is 4.42. The molecule has 1 aromatic heterocycles. The Bertz CT molecular complexity index is 820. The van der Waals surface area contributed by atoms with Gasteiger partial charge in [0.05, 0.1) is 5.75 Å². The van der Waals surface area contributed by atoms with Gasteiger partial charge in [0.15, 0.2) is 5.16 Å². The highest BCUT2D eigenvalue weighted by atomic mass is 32.2. The second kappa shape index (κ2) is 8.99. The molecule has 7 heteroatoms. The molecular formula is C20H24N4O2S. The highest BCUT2D eigenvalue weighted by molar-refractivity contribution is 7.99. The average Bonchev–Trinajstić information content (AvgIpc) is 3.03. The van der Waals surface area contributed by atoms with E-state index in [1.807, 2.05) is 49.1 Å². The third-order valence-corrected chi connectivity index (χ3v) is 5.27.